The van der Waals surface area contributed by atoms with E-state index < -0.39 is 11.6 Å². The number of benzene rings is 1. The molecule has 5 nitrogen and oxygen atoms in total. The van der Waals surface area contributed by atoms with Gasteiger partial charge in [-0.1, -0.05) is 25.3 Å². The molecule has 2 aromatic heterocycles. The van der Waals surface area contributed by atoms with Crippen molar-refractivity contribution in [2.75, 3.05) is 23.7 Å². The van der Waals surface area contributed by atoms with E-state index in [1.54, 1.807) is 12.4 Å². The fourth-order valence-corrected chi connectivity index (χ4v) is 4.18. The number of nitrogens with two attached hydrogens (primary N) is 1. The average Bonchev–Trinajstić information content (AvgIpc) is 2.75. The summed E-state index contributed by atoms with van der Waals surface area (Å²) in [6, 6.07) is 8.41. The SMILES string of the molecule is Nc1ccc(-c2c(F)cccc2F)nc1C(=O)Cc1cnccc1N1CCCCCCC1. The van der Waals surface area contributed by atoms with Gasteiger partial charge in [-0.2, -0.15) is 0 Å². The van der Waals surface area contributed by atoms with Crippen molar-refractivity contribution in [2.45, 2.75) is 38.5 Å². The van der Waals surface area contributed by atoms with Gasteiger partial charge in [-0.3, -0.25) is 9.78 Å². The maximum absolute atomic E-state index is 14.2. The molecule has 0 radical (unpaired) electrons. The highest BCUT2D eigenvalue weighted by molar-refractivity contribution is 6.01. The Hall–Kier alpha value is -3.35. The van der Waals surface area contributed by atoms with Crippen LogP contribution in [0.2, 0.25) is 0 Å². The van der Waals surface area contributed by atoms with Crippen LogP contribution in [-0.4, -0.2) is 28.8 Å². The number of carbonyl (C=O) groups excluding carboxylic acids is 1. The molecule has 1 aromatic carbocycles. The van der Waals surface area contributed by atoms with Gasteiger partial charge in [-0.25, -0.2) is 13.8 Å². The fourth-order valence-electron chi connectivity index (χ4n) is 4.18. The number of rotatable bonds is 5. The van der Waals surface area contributed by atoms with Gasteiger partial charge in [-0.05, 0) is 43.2 Å². The van der Waals surface area contributed by atoms with Gasteiger partial charge >= 0.3 is 0 Å². The first kappa shape index (κ1) is 21.9. The van der Waals surface area contributed by atoms with Gasteiger partial charge < -0.3 is 10.6 Å². The Balaban J connectivity index is 1.63. The van der Waals surface area contributed by atoms with Crippen LogP contribution in [0.4, 0.5) is 20.2 Å². The summed E-state index contributed by atoms with van der Waals surface area (Å²) in [7, 11) is 0. The average molecular weight is 437 g/mol. The molecule has 32 heavy (non-hydrogen) atoms. The van der Waals surface area contributed by atoms with Gasteiger partial charge in [0.25, 0.3) is 0 Å². The van der Waals surface area contributed by atoms with Crippen molar-refractivity contribution < 1.29 is 13.6 Å². The maximum Gasteiger partial charge on any atom is 0.187 e. The lowest BCUT2D eigenvalue weighted by Gasteiger charge is -2.28. The highest BCUT2D eigenvalue weighted by Gasteiger charge is 2.20. The third-order valence-corrected chi connectivity index (χ3v) is 5.84. The molecular weight excluding hydrogens is 410 g/mol. The molecule has 7 heteroatoms. The molecule has 2 N–H and O–H groups in total. The summed E-state index contributed by atoms with van der Waals surface area (Å²) in [4.78, 5) is 23.9. The third kappa shape index (κ3) is 4.77. The van der Waals surface area contributed by atoms with Crippen molar-refractivity contribution in [3.8, 4) is 11.3 Å². The number of ketones is 1. The number of nitrogen functional groups attached to an aromatic ring is 1. The van der Waals surface area contributed by atoms with Crippen LogP contribution in [0.3, 0.4) is 0 Å². The molecule has 1 aliphatic rings. The van der Waals surface area contributed by atoms with E-state index in [9.17, 15) is 13.6 Å². The van der Waals surface area contributed by atoms with E-state index in [4.69, 9.17) is 5.73 Å². The summed E-state index contributed by atoms with van der Waals surface area (Å²) in [5, 5.41) is 0. The lowest BCUT2D eigenvalue weighted by atomic mass is 10.0. The molecule has 0 bridgehead atoms. The smallest absolute Gasteiger partial charge is 0.187 e. The van der Waals surface area contributed by atoms with E-state index in [2.05, 4.69) is 14.9 Å². The van der Waals surface area contributed by atoms with Crippen molar-refractivity contribution in [1.29, 1.82) is 0 Å². The van der Waals surface area contributed by atoms with Crippen molar-refractivity contribution in [1.82, 2.24) is 9.97 Å². The van der Waals surface area contributed by atoms with Gasteiger partial charge in [0, 0.05) is 43.2 Å². The Morgan fingerprint density at radius 2 is 1.66 bits per heavy atom. The Labute approximate surface area is 186 Å². The van der Waals surface area contributed by atoms with E-state index in [-0.39, 0.29) is 34.8 Å². The van der Waals surface area contributed by atoms with Gasteiger partial charge in [0.2, 0.25) is 0 Å². The molecule has 0 aliphatic carbocycles. The number of carbonyl (C=O) groups is 1. The Bertz CT molecular complexity index is 1090. The highest BCUT2D eigenvalue weighted by Crippen LogP contribution is 2.28. The third-order valence-electron chi connectivity index (χ3n) is 5.84. The molecule has 0 saturated carbocycles. The van der Waals surface area contributed by atoms with E-state index in [1.165, 1.54) is 37.5 Å². The van der Waals surface area contributed by atoms with Gasteiger partial charge in [-0.15, -0.1) is 0 Å². The molecule has 0 unspecified atom stereocenters. The summed E-state index contributed by atoms with van der Waals surface area (Å²) in [6.07, 6.45) is 9.38. The second-order valence-corrected chi connectivity index (χ2v) is 8.09. The lowest BCUT2D eigenvalue weighted by Crippen LogP contribution is -2.28. The number of hydrogen-bond donors (Lipinski definition) is 1. The quantitative estimate of drug-likeness (QED) is 0.557. The van der Waals surface area contributed by atoms with Crippen LogP contribution in [0.15, 0.2) is 48.8 Å². The molecule has 166 valence electrons. The van der Waals surface area contributed by atoms with Crippen molar-refractivity contribution in [2.24, 2.45) is 0 Å². The number of halogens is 2. The molecule has 0 atom stereocenters. The first-order valence-corrected chi connectivity index (χ1v) is 11.0. The van der Waals surface area contributed by atoms with Crippen LogP contribution in [0, 0.1) is 11.6 Å². The van der Waals surface area contributed by atoms with Crippen molar-refractivity contribution >= 4 is 17.2 Å². The van der Waals surface area contributed by atoms with Crippen LogP contribution < -0.4 is 10.6 Å². The topological polar surface area (TPSA) is 72.1 Å². The minimum absolute atomic E-state index is 0.00706. The van der Waals surface area contributed by atoms with Crippen LogP contribution in [0.25, 0.3) is 11.3 Å². The molecule has 0 amide bonds. The zero-order chi connectivity index (χ0) is 22.5. The van der Waals surface area contributed by atoms with Gasteiger partial charge in [0.15, 0.2) is 5.78 Å². The monoisotopic (exact) mass is 436 g/mol. The van der Waals surface area contributed by atoms with Crippen LogP contribution in [0.5, 0.6) is 0 Å². The van der Waals surface area contributed by atoms with E-state index >= 15 is 0 Å². The first-order chi connectivity index (χ1) is 15.5. The number of nitrogens with zero attached hydrogens (tertiary/aromatic N) is 3. The molecule has 1 aliphatic heterocycles. The fraction of sp³-hybridized carbons (Fsp3) is 0.320. The second-order valence-electron chi connectivity index (χ2n) is 8.09. The van der Waals surface area contributed by atoms with Gasteiger partial charge in [0.1, 0.15) is 17.3 Å². The van der Waals surface area contributed by atoms with Crippen molar-refractivity contribution in [3.05, 3.63) is 71.7 Å². The zero-order valence-corrected chi connectivity index (χ0v) is 17.9. The Morgan fingerprint density at radius 1 is 0.969 bits per heavy atom. The first-order valence-electron chi connectivity index (χ1n) is 11.0. The largest absolute Gasteiger partial charge is 0.397 e. The summed E-state index contributed by atoms with van der Waals surface area (Å²) in [6.45, 7) is 1.88. The number of aromatic nitrogens is 2. The lowest BCUT2D eigenvalue weighted by molar-refractivity contribution is 0.0989. The molecular formula is C25H26F2N4O. The standard InChI is InChI=1S/C25H26F2N4O/c26-18-7-6-8-19(27)24(18)21-10-9-20(28)25(30-21)23(32)15-17-16-29-12-11-22(17)31-13-4-2-1-3-5-14-31/h6-12,16H,1-5,13-15,28H2. The minimum atomic E-state index is -0.743. The van der Waals surface area contributed by atoms with Crippen LogP contribution >= 0.6 is 0 Å². The van der Waals surface area contributed by atoms with Crippen LogP contribution in [0.1, 0.15) is 48.2 Å². The summed E-state index contributed by atoms with van der Waals surface area (Å²) in [5.41, 5.74) is 7.75. The molecule has 1 saturated heterocycles. The normalized spacial score (nSPS) is 14.6. The summed E-state index contributed by atoms with van der Waals surface area (Å²) in [5.74, 6) is -1.80. The number of pyridine rings is 2. The zero-order valence-electron chi connectivity index (χ0n) is 17.9. The second kappa shape index (κ2) is 9.85. The molecule has 3 heterocycles. The number of anilines is 2. The van der Waals surface area contributed by atoms with Crippen molar-refractivity contribution in [3.63, 3.8) is 0 Å². The minimum Gasteiger partial charge on any atom is -0.397 e. The van der Waals surface area contributed by atoms with E-state index in [0.717, 1.165) is 49.3 Å². The molecule has 4 rings (SSSR count). The molecule has 1 fully saturated rings. The summed E-state index contributed by atoms with van der Waals surface area (Å²) < 4.78 is 28.5. The summed E-state index contributed by atoms with van der Waals surface area (Å²) >= 11 is 0. The highest BCUT2D eigenvalue weighted by atomic mass is 19.1. The Morgan fingerprint density at radius 3 is 2.38 bits per heavy atom. The Kier molecular flexibility index (Phi) is 6.73. The molecule has 3 aromatic rings. The number of hydrogen-bond acceptors (Lipinski definition) is 5. The van der Waals surface area contributed by atoms with Gasteiger partial charge in [0.05, 0.1) is 16.9 Å². The molecule has 0 spiro atoms. The number of Topliss-reactive ketones (excluding diaryl/α,β-unsaturated/α-hetero) is 1. The predicted octanol–water partition coefficient (Wildman–Crippen LogP) is 5.20. The predicted molar refractivity (Wildman–Crippen MR) is 122 cm³/mol. The van der Waals surface area contributed by atoms with E-state index in [0.29, 0.717) is 0 Å². The van der Waals surface area contributed by atoms with E-state index in [1.807, 2.05) is 6.07 Å². The maximum atomic E-state index is 14.2. The van der Waals surface area contributed by atoms with Crippen LogP contribution in [-0.2, 0) is 6.42 Å².